The van der Waals surface area contributed by atoms with Gasteiger partial charge in [-0.25, -0.2) is 4.98 Å². The van der Waals surface area contributed by atoms with Crippen molar-refractivity contribution in [3.05, 3.63) is 53.6 Å². The van der Waals surface area contributed by atoms with Gasteiger partial charge in [-0.05, 0) is 5.56 Å². The highest BCUT2D eigenvalue weighted by molar-refractivity contribution is 5.21. The molecule has 0 spiro atoms. The fourth-order valence-corrected chi connectivity index (χ4v) is 1.79. The predicted octanol–water partition coefficient (Wildman–Crippen LogP) is 2.57. The van der Waals surface area contributed by atoms with E-state index in [0.717, 1.165) is 18.7 Å². The molecule has 78 valence electrons. The van der Waals surface area contributed by atoms with Gasteiger partial charge >= 0.3 is 0 Å². The Morgan fingerprint density at radius 2 is 1.93 bits per heavy atom. The summed E-state index contributed by atoms with van der Waals surface area (Å²) in [6.45, 7) is 2.13. The van der Waals surface area contributed by atoms with Gasteiger partial charge in [0.25, 0.3) is 0 Å². The molecular formula is C13H16N2. The van der Waals surface area contributed by atoms with Gasteiger partial charge in [-0.2, -0.15) is 0 Å². The second-order valence-electron chi connectivity index (χ2n) is 3.74. The van der Waals surface area contributed by atoms with Gasteiger partial charge < -0.3 is 4.57 Å². The molecule has 1 heterocycles. The largest absolute Gasteiger partial charge is 0.335 e. The highest BCUT2D eigenvalue weighted by atomic mass is 15.1. The Labute approximate surface area is 90.6 Å². The van der Waals surface area contributed by atoms with Gasteiger partial charge in [0.2, 0.25) is 0 Å². The van der Waals surface area contributed by atoms with E-state index in [2.05, 4.69) is 47.8 Å². The quantitative estimate of drug-likeness (QED) is 0.744. The molecule has 0 amide bonds. The summed E-state index contributed by atoms with van der Waals surface area (Å²) in [7, 11) is 2.09. The first-order chi connectivity index (χ1) is 7.31. The van der Waals surface area contributed by atoms with Gasteiger partial charge in [-0.1, -0.05) is 37.3 Å². The van der Waals surface area contributed by atoms with Crippen LogP contribution in [-0.2, 0) is 19.9 Å². The van der Waals surface area contributed by atoms with E-state index in [0.29, 0.717) is 0 Å². The summed E-state index contributed by atoms with van der Waals surface area (Å²) in [5.74, 6) is 1.15. The van der Waals surface area contributed by atoms with E-state index in [1.54, 1.807) is 0 Å². The molecule has 0 aliphatic rings. The molecule has 0 aliphatic heterocycles. The molecule has 0 unspecified atom stereocenters. The van der Waals surface area contributed by atoms with Gasteiger partial charge in [0, 0.05) is 31.8 Å². The molecule has 0 N–H and O–H groups in total. The van der Waals surface area contributed by atoms with Crippen LogP contribution in [0.1, 0.15) is 24.0 Å². The summed E-state index contributed by atoms with van der Waals surface area (Å²) in [6.07, 6.45) is 3.93. The number of nitrogens with zero attached hydrogens (tertiary/aromatic N) is 2. The van der Waals surface area contributed by atoms with Crippen molar-refractivity contribution in [2.45, 2.75) is 19.8 Å². The van der Waals surface area contributed by atoms with E-state index in [1.165, 1.54) is 11.3 Å². The highest BCUT2D eigenvalue weighted by Crippen LogP contribution is 2.10. The normalized spacial score (nSPS) is 10.5. The summed E-state index contributed by atoms with van der Waals surface area (Å²) in [6, 6.07) is 10.5. The van der Waals surface area contributed by atoms with Crippen molar-refractivity contribution in [1.82, 2.24) is 9.55 Å². The van der Waals surface area contributed by atoms with Crippen molar-refractivity contribution in [2.75, 3.05) is 0 Å². The lowest BCUT2D eigenvalue weighted by Gasteiger charge is -2.04. The second kappa shape index (κ2) is 4.30. The first-order valence-electron chi connectivity index (χ1n) is 5.34. The highest BCUT2D eigenvalue weighted by Gasteiger charge is 2.04. The number of aromatic nitrogens is 2. The van der Waals surface area contributed by atoms with Crippen molar-refractivity contribution >= 4 is 0 Å². The Hall–Kier alpha value is -1.57. The molecule has 0 saturated heterocycles. The van der Waals surface area contributed by atoms with Crippen LogP contribution in [0.3, 0.4) is 0 Å². The summed E-state index contributed by atoms with van der Waals surface area (Å²) < 4.78 is 2.19. The molecule has 0 radical (unpaired) electrons. The molecule has 0 aliphatic carbocycles. The van der Waals surface area contributed by atoms with Crippen LogP contribution >= 0.6 is 0 Å². The Bertz CT molecular complexity index is 429. The molecule has 15 heavy (non-hydrogen) atoms. The third-order valence-corrected chi connectivity index (χ3v) is 2.72. The van der Waals surface area contributed by atoms with Crippen molar-refractivity contribution in [2.24, 2.45) is 7.05 Å². The summed E-state index contributed by atoms with van der Waals surface area (Å²) in [5.41, 5.74) is 2.61. The fraction of sp³-hybridized carbons (Fsp3) is 0.308. The Kier molecular flexibility index (Phi) is 2.86. The molecule has 0 atom stereocenters. The monoisotopic (exact) mass is 200 g/mol. The standard InChI is InChI=1S/C13H16N2/c1-3-13-14-10-12(15(13)2)9-11-7-5-4-6-8-11/h4-8,10H,3,9H2,1-2H3. The van der Waals surface area contributed by atoms with Crippen LogP contribution in [0.2, 0.25) is 0 Å². The minimum absolute atomic E-state index is 0.963. The van der Waals surface area contributed by atoms with Crippen LogP contribution < -0.4 is 0 Å². The van der Waals surface area contributed by atoms with Gasteiger partial charge in [-0.3, -0.25) is 0 Å². The predicted molar refractivity (Wildman–Crippen MR) is 61.8 cm³/mol. The molecule has 0 bridgehead atoms. The molecule has 2 heteroatoms. The number of benzene rings is 1. The van der Waals surface area contributed by atoms with Crippen molar-refractivity contribution < 1.29 is 0 Å². The SMILES string of the molecule is CCc1ncc(Cc2ccccc2)n1C. The third kappa shape index (κ3) is 2.09. The van der Waals surface area contributed by atoms with Crippen LogP contribution in [0.25, 0.3) is 0 Å². The minimum Gasteiger partial charge on any atom is -0.335 e. The lowest BCUT2D eigenvalue weighted by molar-refractivity contribution is 0.771. The molecule has 0 fully saturated rings. The molecular weight excluding hydrogens is 184 g/mol. The van der Waals surface area contributed by atoms with E-state index >= 15 is 0 Å². The van der Waals surface area contributed by atoms with E-state index < -0.39 is 0 Å². The maximum atomic E-state index is 4.39. The fourth-order valence-electron chi connectivity index (χ4n) is 1.79. The Balaban J connectivity index is 2.21. The number of aryl methyl sites for hydroxylation is 1. The first kappa shape index (κ1) is 9.97. The molecule has 0 saturated carbocycles. The van der Waals surface area contributed by atoms with E-state index in [1.807, 2.05) is 12.3 Å². The van der Waals surface area contributed by atoms with Crippen LogP contribution in [0.5, 0.6) is 0 Å². The number of imidazole rings is 1. The summed E-state index contributed by atoms with van der Waals surface area (Å²) in [5, 5.41) is 0. The molecule has 2 rings (SSSR count). The van der Waals surface area contributed by atoms with Gasteiger partial charge in [-0.15, -0.1) is 0 Å². The maximum Gasteiger partial charge on any atom is 0.108 e. The van der Waals surface area contributed by atoms with Crippen molar-refractivity contribution in [3.63, 3.8) is 0 Å². The smallest absolute Gasteiger partial charge is 0.108 e. The number of rotatable bonds is 3. The Morgan fingerprint density at radius 1 is 1.20 bits per heavy atom. The zero-order chi connectivity index (χ0) is 10.7. The number of hydrogen-bond acceptors (Lipinski definition) is 1. The van der Waals surface area contributed by atoms with Crippen LogP contribution in [0.4, 0.5) is 0 Å². The topological polar surface area (TPSA) is 17.8 Å². The molecule has 2 nitrogen and oxygen atoms in total. The summed E-state index contributed by atoms with van der Waals surface area (Å²) >= 11 is 0. The Morgan fingerprint density at radius 3 is 2.53 bits per heavy atom. The number of hydrogen-bond donors (Lipinski definition) is 0. The van der Waals surface area contributed by atoms with Crippen LogP contribution in [0.15, 0.2) is 36.5 Å². The molecule has 1 aromatic carbocycles. The average Bonchev–Trinajstić information content (AvgIpc) is 2.62. The van der Waals surface area contributed by atoms with E-state index in [4.69, 9.17) is 0 Å². The third-order valence-electron chi connectivity index (χ3n) is 2.72. The van der Waals surface area contributed by atoms with Gasteiger partial charge in [0.1, 0.15) is 5.82 Å². The van der Waals surface area contributed by atoms with Gasteiger partial charge in [0.05, 0.1) is 0 Å². The minimum atomic E-state index is 0.963. The van der Waals surface area contributed by atoms with Crippen molar-refractivity contribution in [1.29, 1.82) is 0 Å². The second-order valence-corrected chi connectivity index (χ2v) is 3.74. The maximum absolute atomic E-state index is 4.39. The summed E-state index contributed by atoms with van der Waals surface area (Å²) in [4.78, 5) is 4.39. The average molecular weight is 200 g/mol. The zero-order valence-electron chi connectivity index (χ0n) is 9.27. The van der Waals surface area contributed by atoms with Gasteiger partial charge in [0.15, 0.2) is 0 Å². The molecule has 2 aromatic rings. The first-order valence-corrected chi connectivity index (χ1v) is 5.34. The van der Waals surface area contributed by atoms with Crippen LogP contribution in [-0.4, -0.2) is 9.55 Å². The molecule has 1 aromatic heterocycles. The zero-order valence-corrected chi connectivity index (χ0v) is 9.27. The lowest BCUT2D eigenvalue weighted by atomic mass is 10.1. The van der Waals surface area contributed by atoms with Crippen molar-refractivity contribution in [3.8, 4) is 0 Å². The van der Waals surface area contributed by atoms with E-state index in [-0.39, 0.29) is 0 Å². The van der Waals surface area contributed by atoms with E-state index in [9.17, 15) is 0 Å². The lowest BCUT2D eigenvalue weighted by Crippen LogP contribution is -2.01. The van der Waals surface area contributed by atoms with Crippen LogP contribution in [0, 0.1) is 0 Å².